The molecule has 0 aromatic carbocycles. The van der Waals surface area contributed by atoms with Crippen molar-refractivity contribution in [3.8, 4) is 0 Å². The highest BCUT2D eigenvalue weighted by molar-refractivity contribution is 5.55. The minimum absolute atomic E-state index is 1.16. The van der Waals surface area contributed by atoms with Crippen LogP contribution in [-0.4, -0.2) is 4.57 Å². The van der Waals surface area contributed by atoms with Gasteiger partial charge in [0.15, 0.2) is 0 Å². The minimum Gasteiger partial charge on any atom is -0.344 e. The van der Waals surface area contributed by atoms with E-state index in [9.17, 15) is 0 Å². The van der Waals surface area contributed by atoms with E-state index in [1.165, 1.54) is 28.2 Å². The van der Waals surface area contributed by atoms with Crippen molar-refractivity contribution in [3.05, 3.63) is 40.6 Å². The fourth-order valence-corrected chi connectivity index (χ4v) is 2.24. The normalized spacial score (nSPS) is 14.5. The van der Waals surface area contributed by atoms with Gasteiger partial charge in [-0.25, -0.2) is 0 Å². The molecule has 0 saturated carbocycles. The Bertz CT molecular complexity index is 487. The molecule has 1 aromatic rings. The Hall–Kier alpha value is -1.50. The molecule has 1 aromatic heterocycles. The van der Waals surface area contributed by atoms with E-state index in [0.717, 1.165) is 6.42 Å². The molecule has 1 heterocycles. The first-order valence-electron chi connectivity index (χ1n) is 5.40. The zero-order valence-corrected chi connectivity index (χ0v) is 9.46. The molecular formula is C14H17N. The van der Waals surface area contributed by atoms with Gasteiger partial charge in [-0.2, -0.15) is 0 Å². The average Bonchev–Trinajstić information content (AvgIpc) is 2.51. The Labute approximate surface area is 90.7 Å². The number of nitrogens with zero attached hydrogens (tertiary/aromatic N) is 1. The van der Waals surface area contributed by atoms with E-state index < -0.39 is 0 Å². The van der Waals surface area contributed by atoms with Crippen LogP contribution < -0.4 is 10.6 Å². The molecule has 0 aliphatic heterocycles. The van der Waals surface area contributed by atoms with Crippen LogP contribution in [0.15, 0.2) is 18.7 Å². The molecule has 1 aliphatic rings. The van der Waals surface area contributed by atoms with Crippen LogP contribution in [0.2, 0.25) is 0 Å². The molecule has 0 fully saturated rings. The van der Waals surface area contributed by atoms with Gasteiger partial charge in [-0.05, 0) is 36.6 Å². The van der Waals surface area contributed by atoms with Crippen molar-refractivity contribution < 1.29 is 0 Å². The summed E-state index contributed by atoms with van der Waals surface area (Å²) < 4.78 is 2.26. The Morgan fingerprint density at radius 1 is 1.33 bits per heavy atom. The van der Waals surface area contributed by atoms with Crippen molar-refractivity contribution >= 4 is 18.2 Å². The van der Waals surface area contributed by atoms with Gasteiger partial charge in [-0.15, -0.1) is 0 Å². The molecule has 15 heavy (non-hydrogen) atoms. The number of aromatic nitrogens is 1. The van der Waals surface area contributed by atoms with E-state index in [1.54, 1.807) is 0 Å². The Kier molecular flexibility index (Phi) is 2.63. The van der Waals surface area contributed by atoms with E-state index >= 15 is 0 Å². The molecule has 1 aliphatic carbocycles. The van der Waals surface area contributed by atoms with Crippen LogP contribution >= 0.6 is 0 Å². The Morgan fingerprint density at radius 2 is 2.07 bits per heavy atom. The van der Waals surface area contributed by atoms with E-state index in [0.29, 0.717) is 0 Å². The van der Waals surface area contributed by atoms with Gasteiger partial charge in [0.2, 0.25) is 0 Å². The highest BCUT2D eigenvalue weighted by Crippen LogP contribution is 2.06. The molecule has 0 N–H and O–H groups in total. The van der Waals surface area contributed by atoms with Crippen LogP contribution in [-0.2, 0) is 7.05 Å². The topological polar surface area (TPSA) is 4.93 Å². The van der Waals surface area contributed by atoms with Crippen molar-refractivity contribution in [2.75, 3.05) is 0 Å². The standard InChI is InChI=1S/C14H17N/c1-4-5-9-13-11(2)12-8-6-7-10-14(12)15(13)3/h4-5,8-10H,1,6-7H2,2-3H3/b9-5-. The van der Waals surface area contributed by atoms with Crippen LogP contribution in [0.4, 0.5) is 0 Å². The van der Waals surface area contributed by atoms with Gasteiger partial charge >= 0.3 is 0 Å². The molecule has 2 rings (SSSR count). The number of allylic oxidation sites excluding steroid dienone is 2. The molecule has 1 nitrogen and oxygen atoms in total. The number of hydrogen-bond acceptors (Lipinski definition) is 0. The number of hydrogen-bond donors (Lipinski definition) is 0. The van der Waals surface area contributed by atoms with Crippen molar-refractivity contribution in [1.82, 2.24) is 4.57 Å². The van der Waals surface area contributed by atoms with Crippen LogP contribution in [0.5, 0.6) is 0 Å². The molecule has 0 atom stereocenters. The van der Waals surface area contributed by atoms with Gasteiger partial charge in [0.25, 0.3) is 0 Å². The first-order chi connectivity index (χ1) is 7.25. The first kappa shape index (κ1) is 10.0. The van der Waals surface area contributed by atoms with Crippen LogP contribution in [0.1, 0.15) is 24.1 Å². The maximum atomic E-state index is 3.71. The summed E-state index contributed by atoms with van der Waals surface area (Å²) >= 11 is 0. The lowest BCUT2D eigenvalue weighted by atomic mass is 10.1. The van der Waals surface area contributed by atoms with Gasteiger partial charge in [-0.3, -0.25) is 0 Å². The summed E-state index contributed by atoms with van der Waals surface area (Å²) in [4.78, 5) is 0. The quantitative estimate of drug-likeness (QED) is 0.641. The predicted octanol–water partition coefficient (Wildman–Crippen LogP) is 1.89. The van der Waals surface area contributed by atoms with Crippen LogP contribution in [0.3, 0.4) is 0 Å². The predicted molar refractivity (Wildman–Crippen MR) is 66.8 cm³/mol. The monoisotopic (exact) mass is 199 g/mol. The van der Waals surface area contributed by atoms with Crippen molar-refractivity contribution in [1.29, 1.82) is 0 Å². The number of fused-ring (bicyclic) bond motifs is 1. The lowest BCUT2D eigenvalue weighted by Crippen LogP contribution is -2.30. The molecule has 1 heteroatoms. The minimum atomic E-state index is 1.16. The zero-order chi connectivity index (χ0) is 10.8. The first-order valence-corrected chi connectivity index (χ1v) is 5.40. The second-order valence-corrected chi connectivity index (χ2v) is 3.95. The van der Waals surface area contributed by atoms with Gasteiger partial charge < -0.3 is 4.57 Å². The smallest absolute Gasteiger partial charge is 0.0444 e. The second kappa shape index (κ2) is 3.93. The van der Waals surface area contributed by atoms with E-state index in [4.69, 9.17) is 0 Å². The average molecular weight is 199 g/mol. The summed E-state index contributed by atoms with van der Waals surface area (Å²) in [6, 6.07) is 0. The van der Waals surface area contributed by atoms with Crippen LogP contribution in [0, 0.1) is 6.92 Å². The zero-order valence-electron chi connectivity index (χ0n) is 9.46. The molecule has 0 bridgehead atoms. The van der Waals surface area contributed by atoms with Crippen LogP contribution in [0.25, 0.3) is 18.2 Å². The van der Waals surface area contributed by atoms with Crippen molar-refractivity contribution in [2.24, 2.45) is 7.05 Å². The maximum Gasteiger partial charge on any atom is 0.0444 e. The summed E-state index contributed by atoms with van der Waals surface area (Å²) in [6.07, 6.45) is 12.9. The van der Waals surface area contributed by atoms with Gasteiger partial charge in [0, 0.05) is 18.1 Å². The third-order valence-electron chi connectivity index (χ3n) is 3.03. The number of rotatable bonds is 2. The van der Waals surface area contributed by atoms with E-state index in [2.05, 4.69) is 43.3 Å². The fraction of sp³-hybridized carbons (Fsp3) is 0.286. The summed E-state index contributed by atoms with van der Waals surface area (Å²) in [7, 11) is 2.13. The summed E-state index contributed by atoms with van der Waals surface area (Å²) in [5, 5.41) is 2.77. The van der Waals surface area contributed by atoms with Gasteiger partial charge in [-0.1, -0.05) is 30.9 Å². The molecule has 0 amide bonds. The summed E-state index contributed by atoms with van der Waals surface area (Å²) in [5.74, 6) is 0. The summed E-state index contributed by atoms with van der Waals surface area (Å²) in [5.41, 5.74) is 2.66. The Balaban J connectivity index is 2.73. The lowest BCUT2D eigenvalue weighted by molar-refractivity contribution is 0.866. The lowest BCUT2D eigenvalue weighted by Gasteiger charge is -1.99. The molecular weight excluding hydrogens is 182 g/mol. The third kappa shape index (κ3) is 1.58. The Morgan fingerprint density at radius 3 is 2.73 bits per heavy atom. The highest BCUT2D eigenvalue weighted by Gasteiger charge is 2.07. The SMILES string of the molecule is C=C/C=C\c1c(C)c2c(n1C)=CCCC=2. The second-order valence-electron chi connectivity index (χ2n) is 3.95. The highest BCUT2D eigenvalue weighted by atomic mass is 14.9. The fourth-order valence-electron chi connectivity index (χ4n) is 2.24. The third-order valence-corrected chi connectivity index (χ3v) is 3.03. The van der Waals surface area contributed by atoms with E-state index in [-0.39, 0.29) is 0 Å². The van der Waals surface area contributed by atoms with Gasteiger partial charge in [0.1, 0.15) is 0 Å². The van der Waals surface area contributed by atoms with Crippen molar-refractivity contribution in [3.63, 3.8) is 0 Å². The molecule has 78 valence electrons. The summed E-state index contributed by atoms with van der Waals surface area (Å²) in [6.45, 7) is 5.90. The van der Waals surface area contributed by atoms with E-state index in [1.807, 2.05) is 12.2 Å². The largest absolute Gasteiger partial charge is 0.344 e. The molecule has 0 radical (unpaired) electrons. The molecule has 0 spiro atoms. The molecule has 0 saturated heterocycles. The van der Waals surface area contributed by atoms with Crippen molar-refractivity contribution in [2.45, 2.75) is 19.8 Å². The molecule has 0 unspecified atom stereocenters. The van der Waals surface area contributed by atoms with Gasteiger partial charge in [0.05, 0.1) is 0 Å². The maximum absolute atomic E-state index is 3.71.